The van der Waals surface area contributed by atoms with Crippen LogP contribution >= 0.6 is 0 Å². The fourth-order valence-electron chi connectivity index (χ4n) is 2.62. The lowest BCUT2D eigenvalue weighted by Crippen LogP contribution is -2.55. The number of nitrogens with zero attached hydrogens (tertiary/aromatic N) is 1. The maximum Gasteiger partial charge on any atom is 0.243 e. The van der Waals surface area contributed by atoms with Crippen molar-refractivity contribution in [1.29, 1.82) is 0 Å². The third kappa shape index (κ3) is 5.28. The van der Waals surface area contributed by atoms with Gasteiger partial charge in [0.1, 0.15) is 12.3 Å². The molecule has 1 unspecified atom stereocenters. The predicted molar refractivity (Wildman–Crippen MR) is 86.5 cm³/mol. The average molecular weight is 327 g/mol. The third-order valence-corrected chi connectivity index (χ3v) is 4.20. The van der Waals surface area contributed by atoms with E-state index in [0.717, 1.165) is 6.42 Å². The summed E-state index contributed by atoms with van der Waals surface area (Å²) in [5.74, 6) is -0.555. The highest BCUT2D eigenvalue weighted by atomic mass is 16.3. The van der Waals surface area contributed by atoms with E-state index in [0.29, 0.717) is 32.1 Å². The van der Waals surface area contributed by atoms with E-state index in [4.69, 9.17) is 10.8 Å². The number of hydrogen-bond acceptors (Lipinski definition) is 5. The first-order valence-electron chi connectivity index (χ1n) is 8.15. The fourth-order valence-corrected chi connectivity index (χ4v) is 2.62. The van der Waals surface area contributed by atoms with Crippen molar-refractivity contribution in [2.75, 3.05) is 13.2 Å². The van der Waals surface area contributed by atoms with Crippen LogP contribution in [0, 0.1) is 5.41 Å². The first-order valence-corrected chi connectivity index (χ1v) is 8.15. The lowest BCUT2D eigenvalue weighted by Gasteiger charge is -2.32. The zero-order valence-electron chi connectivity index (χ0n) is 14.2. The van der Waals surface area contributed by atoms with E-state index in [-0.39, 0.29) is 23.8 Å². The van der Waals surface area contributed by atoms with Crippen molar-refractivity contribution >= 4 is 18.1 Å². The van der Waals surface area contributed by atoms with Crippen LogP contribution in [0.1, 0.15) is 46.5 Å². The summed E-state index contributed by atoms with van der Waals surface area (Å²) in [6.45, 7) is 6.13. The topological polar surface area (TPSA) is 113 Å². The number of carbonyl (C=O) groups is 3. The molecule has 0 bridgehead atoms. The quantitative estimate of drug-likeness (QED) is 0.561. The highest BCUT2D eigenvalue weighted by molar-refractivity contribution is 5.91. The van der Waals surface area contributed by atoms with Gasteiger partial charge < -0.3 is 25.9 Å². The molecule has 132 valence electrons. The minimum atomic E-state index is -0.674. The summed E-state index contributed by atoms with van der Waals surface area (Å²) < 4.78 is 0. The zero-order chi connectivity index (χ0) is 17.6. The van der Waals surface area contributed by atoms with E-state index in [2.05, 4.69) is 5.32 Å². The lowest BCUT2D eigenvalue weighted by atomic mass is 9.86. The average Bonchev–Trinajstić information content (AvgIpc) is 2.98. The molecule has 1 aliphatic rings. The molecule has 23 heavy (non-hydrogen) atoms. The SMILES string of the molecule is CC(C)(C)[C@H](N)C(=O)N1CCC[C@H]1C(=O)NC(C=O)CCCO. The Bertz CT molecular complexity index is 434. The van der Waals surface area contributed by atoms with Gasteiger partial charge in [0.05, 0.1) is 12.1 Å². The minimum Gasteiger partial charge on any atom is -0.396 e. The molecule has 0 saturated carbocycles. The number of nitrogens with one attached hydrogen (secondary N) is 1. The van der Waals surface area contributed by atoms with Crippen LogP contribution in [0.2, 0.25) is 0 Å². The second-order valence-corrected chi connectivity index (χ2v) is 7.15. The highest BCUT2D eigenvalue weighted by Gasteiger charge is 2.39. The maximum absolute atomic E-state index is 12.6. The summed E-state index contributed by atoms with van der Waals surface area (Å²) in [6, 6.07) is -1.89. The summed E-state index contributed by atoms with van der Waals surface area (Å²) in [6.07, 6.45) is 2.79. The molecule has 1 fully saturated rings. The van der Waals surface area contributed by atoms with Crippen LogP contribution < -0.4 is 11.1 Å². The van der Waals surface area contributed by atoms with Crippen molar-refractivity contribution in [3.63, 3.8) is 0 Å². The Kier molecular flexibility index (Phi) is 7.15. The Labute approximate surface area is 137 Å². The van der Waals surface area contributed by atoms with Gasteiger partial charge in [0.2, 0.25) is 11.8 Å². The van der Waals surface area contributed by atoms with Crippen LogP contribution in [-0.4, -0.2) is 59.4 Å². The number of rotatable bonds is 7. The molecule has 2 amide bonds. The number of aliphatic hydroxyl groups is 1. The van der Waals surface area contributed by atoms with Gasteiger partial charge >= 0.3 is 0 Å². The Morgan fingerprint density at radius 2 is 2.09 bits per heavy atom. The van der Waals surface area contributed by atoms with Gasteiger partial charge in [0, 0.05) is 13.2 Å². The summed E-state index contributed by atoms with van der Waals surface area (Å²) in [5.41, 5.74) is 5.64. The third-order valence-electron chi connectivity index (χ3n) is 4.20. The second-order valence-electron chi connectivity index (χ2n) is 7.15. The standard InChI is InChI=1S/C16H29N3O4/c1-16(2,3)13(17)15(23)19-8-4-7-12(19)14(22)18-11(10-21)6-5-9-20/h10-13,20H,4-9,17H2,1-3H3,(H,18,22)/t11?,12-,13+/m0/s1. The van der Waals surface area contributed by atoms with E-state index < -0.39 is 18.1 Å². The molecule has 1 heterocycles. The van der Waals surface area contributed by atoms with Crippen molar-refractivity contribution in [3.05, 3.63) is 0 Å². The highest BCUT2D eigenvalue weighted by Crippen LogP contribution is 2.24. The molecule has 0 aromatic rings. The first-order chi connectivity index (χ1) is 10.7. The Morgan fingerprint density at radius 1 is 1.43 bits per heavy atom. The maximum atomic E-state index is 12.6. The van der Waals surface area contributed by atoms with Crippen LogP contribution in [-0.2, 0) is 14.4 Å². The van der Waals surface area contributed by atoms with E-state index in [1.807, 2.05) is 20.8 Å². The number of aliphatic hydroxyl groups excluding tert-OH is 1. The molecule has 0 aromatic carbocycles. The van der Waals surface area contributed by atoms with E-state index in [1.165, 1.54) is 4.90 Å². The summed E-state index contributed by atoms with van der Waals surface area (Å²) in [4.78, 5) is 37.5. The van der Waals surface area contributed by atoms with Crippen LogP contribution in [0.4, 0.5) is 0 Å². The van der Waals surface area contributed by atoms with Crippen LogP contribution in [0.15, 0.2) is 0 Å². The van der Waals surface area contributed by atoms with Gasteiger partial charge in [-0.15, -0.1) is 0 Å². The van der Waals surface area contributed by atoms with Gasteiger partial charge in [0.25, 0.3) is 0 Å². The Morgan fingerprint density at radius 3 is 2.61 bits per heavy atom. The summed E-state index contributed by atoms with van der Waals surface area (Å²) >= 11 is 0. The predicted octanol–water partition coefficient (Wildman–Crippen LogP) is -0.193. The van der Waals surface area contributed by atoms with Crippen LogP contribution in [0.5, 0.6) is 0 Å². The number of nitrogens with two attached hydrogens (primary N) is 1. The van der Waals surface area contributed by atoms with Gasteiger partial charge in [0.15, 0.2) is 0 Å². The summed E-state index contributed by atoms with van der Waals surface area (Å²) in [7, 11) is 0. The van der Waals surface area contributed by atoms with Gasteiger partial charge in [-0.25, -0.2) is 0 Å². The molecule has 7 nitrogen and oxygen atoms in total. The molecule has 0 spiro atoms. The molecule has 3 atom stereocenters. The van der Waals surface area contributed by atoms with Gasteiger partial charge in [-0.05, 0) is 31.1 Å². The molecule has 1 rings (SSSR count). The van der Waals surface area contributed by atoms with Crippen molar-refractivity contribution in [3.8, 4) is 0 Å². The van der Waals surface area contributed by atoms with Gasteiger partial charge in [-0.2, -0.15) is 0 Å². The monoisotopic (exact) mass is 327 g/mol. The molecule has 0 aromatic heterocycles. The Hall–Kier alpha value is -1.47. The van der Waals surface area contributed by atoms with Gasteiger partial charge in [-0.3, -0.25) is 9.59 Å². The van der Waals surface area contributed by atoms with E-state index >= 15 is 0 Å². The molecule has 1 saturated heterocycles. The van der Waals surface area contributed by atoms with Crippen molar-refractivity contribution in [2.45, 2.75) is 64.6 Å². The number of amides is 2. The second kappa shape index (κ2) is 8.40. The lowest BCUT2D eigenvalue weighted by molar-refractivity contribution is -0.141. The van der Waals surface area contributed by atoms with E-state index in [1.54, 1.807) is 0 Å². The number of carbonyl (C=O) groups excluding carboxylic acids is 3. The first kappa shape index (κ1) is 19.6. The molecule has 0 aliphatic carbocycles. The smallest absolute Gasteiger partial charge is 0.243 e. The summed E-state index contributed by atoms with van der Waals surface area (Å²) in [5, 5.41) is 11.5. The van der Waals surface area contributed by atoms with E-state index in [9.17, 15) is 14.4 Å². The fraction of sp³-hybridized carbons (Fsp3) is 0.812. The molecule has 1 aliphatic heterocycles. The Balaban J connectivity index is 2.72. The molecule has 4 N–H and O–H groups in total. The van der Waals surface area contributed by atoms with Crippen molar-refractivity contribution in [1.82, 2.24) is 10.2 Å². The van der Waals surface area contributed by atoms with Crippen molar-refractivity contribution < 1.29 is 19.5 Å². The molecular formula is C16H29N3O4. The zero-order valence-corrected chi connectivity index (χ0v) is 14.2. The van der Waals surface area contributed by atoms with Crippen LogP contribution in [0.25, 0.3) is 0 Å². The van der Waals surface area contributed by atoms with Crippen LogP contribution in [0.3, 0.4) is 0 Å². The molecule has 7 heteroatoms. The normalized spacial score (nSPS) is 20.9. The van der Waals surface area contributed by atoms with Gasteiger partial charge in [-0.1, -0.05) is 20.8 Å². The molecular weight excluding hydrogens is 298 g/mol. The number of aldehydes is 1. The number of hydrogen-bond donors (Lipinski definition) is 3. The van der Waals surface area contributed by atoms with Crippen molar-refractivity contribution in [2.24, 2.45) is 11.1 Å². The minimum absolute atomic E-state index is 0.0330. The largest absolute Gasteiger partial charge is 0.396 e. The molecule has 0 radical (unpaired) electrons. The number of likely N-dealkylation sites (tertiary alicyclic amines) is 1.